The molecule has 0 unspecified atom stereocenters. The van der Waals surface area contributed by atoms with Crippen LogP contribution in [-0.2, 0) is 0 Å². The Hall–Kier alpha value is -0.850. The minimum Gasteiger partial charge on any atom is -0.265 e. The van der Waals surface area contributed by atoms with Gasteiger partial charge in [-0.1, -0.05) is 6.92 Å². The highest BCUT2D eigenvalue weighted by Crippen LogP contribution is 2.41. The first-order chi connectivity index (χ1) is 5.38. The Morgan fingerprint density at radius 3 is 2.55 bits per heavy atom. The van der Waals surface area contributed by atoms with Crippen molar-refractivity contribution in [2.24, 2.45) is 5.92 Å². The van der Waals surface area contributed by atoms with Gasteiger partial charge < -0.3 is 0 Å². The molecule has 1 nitrogen and oxygen atoms in total. The van der Waals surface area contributed by atoms with Gasteiger partial charge in [0, 0.05) is 12.4 Å². The zero-order chi connectivity index (χ0) is 7.68. The smallest absolute Gasteiger partial charge is 0.0270 e. The normalized spacial score (nSPS) is 19.7. The molecule has 1 saturated carbocycles. The van der Waals surface area contributed by atoms with Crippen LogP contribution < -0.4 is 0 Å². The molecule has 11 heavy (non-hydrogen) atoms. The van der Waals surface area contributed by atoms with Gasteiger partial charge in [-0.2, -0.15) is 0 Å². The van der Waals surface area contributed by atoms with E-state index in [1.54, 1.807) is 0 Å². The summed E-state index contributed by atoms with van der Waals surface area (Å²) in [5.41, 5.74) is 1.45. The average molecular weight is 147 g/mol. The van der Waals surface area contributed by atoms with Gasteiger partial charge in [-0.25, -0.2) is 0 Å². The van der Waals surface area contributed by atoms with Crippen LogP contribution in [0.15, 0.2) is 24.5 Å². The third-order valence-corrected chi connectivity index (χ3v) is 2.56. The minimum atomic E-state index is 0.748. The van der Waals surface area contributed by atoms with Crippen molar-refractivity contribution >= 4 is 0 Å². The Labute approximate surface area is 67.5 Å². The van der Waals surface area contributed by atoms with E-state index in [0.29, 0.717) is 0 Å². The largest absolute Gasteiger partial charge is 0.265 e. The molecule has 1 aliphatic carbocycles. The van der Waals surface area contributed by atoms with Crippen molar-refractivity contribution in [2.45, 2.75) is 25.7 Å². The van der Waals surface area contributed by atoms with Crippen LogP contribution in [0.4, 0.5) is 0 Å². The summed E-state index contributed by atoms with van der Waals surface area (Å²) in [6.07, 6.45) is 6.61. The van der Waals surface area contributed by atoms with E-state index in [1.807, 2.05) is 12.4 Å². The van der Waals surface area contributed by atoms with Crippen molar-refractivity contribution in [3.05, 3.63) is 30.1 Å². The van der Waals surface area contributed by atoms with Crippen LogP contribution in [0.3, 0.4) is 0 Å². The Morgan fingerprint density at radius 1 is 1.36 bits per heavy atom. The summed E-state index contributed by atoms with van der Waals surface area (Å²) in [4.78, 5) is 4.01. The average Bonchev–Trinajstić information content (AvgIpc) is 2.87. The van der Waals surface area contributed by atoms with Gasteiger partial charge in [0.05, 0.1) is 0 Å². The Morgan fingerprint density at radius 2 is 2.00 bits per heavy atom. The van der Waals surface area contributed by atoms with E-state index in [0.717, 1.165) is 11.8 Å². The summed E-state index contributed by atoms with van der Waals surface area (Å²) < 4.78 is 0. The molecule has 58 valence electrons. The molecule has 0 amide bonds. The van der Waals surface area contributed by atoms with Crippen LogP contribution in [0.1, 0.15) is 31.2 Å². The van der Waals surface area contributed by atoms with Gasteiger partial charge in [0.25, 0.3) is 0 Å². The SMILES string of the molecule is C[C@@H](c1ccncc1)C1CC1. The molecule has 1 aromatic heterocycles. The number of pyridine rings is 1. The van der Waals surface area contributed by atoms with E-state index < -0.39 is 0 Å². The highest BCUT2D eigenvalue weighted by Gasteiger charge is 2.28. The minimum absolute atomic E-state index is 0.748. The van der Waals surface area contributed by atoms with Gasteiger partial charge >= 0.3 is 0 Å². The standard InChI is InChI=1S/C10H13N/c1-8(9-2-3-9)10-4-6-11-7-5-10/h4-9H,2-3H2,1H3/t8-/m1/s1. The van der Waals surface area contributed by atoms with Gasteiger partial charge in [-0.3, -0.25) is 4.98 Å². The maximum Gasteiger partial charge on any atom is 0.0270 e. The van der Waals surface area contributed by atoms with Gasteiger partial charge in [0.2, 0.25) is 0 Å². The maximum atomic E-state index is 4.01. The Bertz CT molecular complexity index is 226. The van der Waals surface area contributed by atoms with E-state index in [1.165, 1.54) is 18.4 Å². The molecular weight excluding hydrogens is 134 g/mol. The number of aromatic nitrogens is 1. The number of rotatable bonds is 2. The van der Waals surface area contributed by atoms with Crippen molar-refractivity contribution in [1.82, 2.24) is 4.98 Å². The van der Waals surface area contributed by atoms with Crippen LogP contribution in [0, 0.1) is 5.92 Å². The fourth-order valence-corrected chi connectivity index (χ4v) is 1.54. The van der Waals surface area contributed by atoms with Crippen molar-refractivity contribution < 1.29 is 0 Å². The first-order valence-corrected chi connectivity index (χ1v) is 4.28. The predicted molar refractivity (Wildman–Crippen MR) is 45.4 cm³/mol. The highest BCUT2D eigenvalue weighted by atomic mass is 14.6. The molecule has 0 saturated heterocycles. The lowest BCUT2D eigenvalue weighted by atomic mass is 9.98. The molecular formula is C10H13N. The quantitative estimate of drug-likeness (QED) is 0.626. The van der Waals surface area contributed by atoms with Crippen LogP contribution in [0.2, 0.25) is 0 Å². The van der Waals surface area contributed by atoms with E-state index in [-0.39, 0.29) is 0 Å². The second-order valence-corrected chi connectivity index (χ2v) is 3.41. The molecule has 1 aliphatic rings. The molecule has 0 aromatic carbocycles. The zero-order valence-electron chi connectivity index (χ0n) is 6.83. The van der Waals surface area contributed by atoms with Gasteiger partial charge in [0.1, 0.15) is 0 Å². The number of hydrogen-bond donors (Lipinski definition) is 0. The van der Waals surface area contributed by atoms with Gasteiger partial charge in [-0.15, -0.1) is 0 Å². The van der Waals surface area contributed by atoms with Crippen LogP contribution in [0.5, 0.6) is 0 Å². The summed E-state index contributed by atoms with van der Waals surface area (Å²) in [6, 6.07) is 4.26. The first kappa shape index (κ1) is 6.84. The zero-order valence-corrected chi connectivity index (χ0v) is 6.83. The van der Waals surface area contributed by atoms with Crippen LogP contribution in [-0.4, -0.2) is 4.98 Å². The van der Waals surface area contributed by atoms with E-state index in [9.17, 15) is 0 Å². The second kappa shape index (κ2) is 2.65. The lowest BCUT2D eigenvalue weighted by Gasteiger charge is -2.08. The predicted octanol–water partition coefficient (Wildman–Crippen LogP) is 2.60. The summed E-state index contributed by atoms with van der Waals surface area (Å²) in [6.45, 7) is 2.31. The van der Waals surface area contributed by atoms with Gasteiger partial charge in [0.15, 0.2) is 0 Å². The molecule has 1 heteroatoms. The summed E-state index contributed by atoms with van der Waals surface area (Å²) >= 11 is 0. The van der Waals surface area contributed by atoms with E-state index in [4.69, 9.17) is 0 Å². The third-order valence-electron chi connectivity index (χ3n) is 2.56. The summed E-state index contributed by atoms with van der Waals surface area (Å²) in [7, 11) is 0. The van der Waals surface area contributed by atoms with Crippen molar-refractivity contribution in [3.8, 4) is 0 Å². The van der Waals surface area contributed by atoms with Crippen molar-refractivity contribution in [3.63, 3.8) is 0 Å². The summed E-state index contributed by atoms with van der Waals surface area (Å²) in [5, 5.41) is 0. The molecule has 1 atom stereocenters. The molecule has 0 radical (unpaired) electrons. The lowest BCUT2D eigenvalue weighted by molar-refractivity contribution is 0.663. The lowest BCUT2D eigenvalue weighted by Crippen LogP contribution is -1.94. The maximum absolute atomic E-state index is 4.01. The molecule has 1 aromatic rings. The van der Waals surface area contributed by atoms with E-state index in [2.05, 4.69) is 24.0 Å². The molecule has 0 N–H and O–H groups in total. The molecule has 1 fully saturated rings. The Balaban J connectivity index is 2.15. The van der Waals surface area contributed by atoms with Gasteiger partial charge in [-0.05, 0) is 42.4 Å². The fourth-order valence-electron chi connectivity index (χ4n) is 1.54. The second-order valence-electron chi connectivity index (χ2n) is 3.41. The fraction of sp³-hybridized carbons (Fsp3) is 0.500. The number of hydrogen-bond acceptors (Lipinski definition) is 1. The first-order valence-electron chi connectivity index (χ1n) is 4.28. The molecule has 0 aliphatic heterocycles. The topological polar surface area (TPSA) is 12.9 Å². The molecule has 0 bridgehead atoms. The van der Waals surface area contributed by atoms with Crippen LogP contribution in [0.25, 0.3) is 0 Å². The van der Waals surface area contributed by atoms with Crippen molar-refractivity contribution in [1.29, 1.82) is 0 Å². The van der Waals surface area contributed by atoms with Crippen LogP contribution >= 0.6 is 0 Å². The Kier molecular flexibility index (Phi) is 1.65. The highest BCUT2D eigenvalue weighted by molar-refractivity contribution is 5.17. The summed E-state index contributed by atoms with van der Waals surface area (Å²) in [5.74, 6) is 1.70. The van der Waals surface area contributed by atoms with E-state index >= 15 is 0 Å². The molecule has 1 heterocycles. The van der Waals surface area contributed by atoms with Crippen molar-refractivity contribution in [2.75, 3.05) is 0 Å². The molecule has 2 rings (SSSR count). The monoisotopic (exact) mass is 147 g/mol. The number of nitrogens with zero attached hydrogens (tertiary/aromatic N) is 1. The third kappa shape index (κ3) is 1.42. The molecule has 0 spiro atoms.